The maximum absolute atomic E-state index is 8.72. The van der Waals surface area contributed by atoms with E-state index in [0.29, 0.717) is 19.7 Å². The molecule has 0 amide bonds. The van der Waals surface area contributed by atoms with Gasteiger partial charge in [-0.1, -0.05) is 12.1 Å². The van der Waals surface area contributed by atoms with Crippen LogP contribution in [-0.2, 0) is 6.54 Å². The van der Waals surface area contributed by atoms with Crippen molar-refractivity contribution in [3.05, 3.63) is 29.8 Å². The highest BCUT2D eigenvalue weighted by Gasteiger charge is 1.98. The molecular formula is C12H20N2O2. The fraction of sp³-hybridized carbons (Fsp3) is 0.500. The Balaban J connectivity index is 2.26. The van der Waals surface area contributed by atoms with Gasteiger partial charge in [-0.3, -0.25) is 0 Å². The van der Waals surface area contributed by atoms with Crippen LogP contribution in [0.3, 0.4) is 0 Å². The zero-order valence-corrected chi connectivity index (χ0v) is 9.72. The summed E-state index contributed by atoms with van der Waals surface area (Å²) in [6.07, 6.45) is 0. The van der Waals surface area contributed by atoms with Crippen molar-refractivity contribution >= 4 is 0 Å². The van der Waals surface area contributed by atoms with Crippen molar-refractivity contribution in [3.63, 3.8) is 0 Å². The van der Waals surface area contributed by atoms with Crippen molar-refractivity contribution in [3.8, 4) is 5.75 Å². The van der Waals surface area contributed by atoms with E-state index in [1.54, 1.807) is 0 Å². The van der Waals surface area contributed by atoms with Crippen LogP contribution >= 0.6 is 0 Å². The monoisotopic (exact) mass is 224 g/mol. The minimum atomic E-state index is 0.182. The number of rotatable bonds is 7. The molecule has 0 spiro atoms. The Morgan fingerprint density at radius 3 is 2.50 bits per heavy atom. The van der Waals surface area contributed by atoms with E-state index in [4.69, 9.17) is 15.6 Å². The van der Waals surface area contributed by atoms with E-state index >= 15 is 0 Å². The lowest BCUT2D eigenvalue weighted by atomic mass is 10.2. The van der Waals surface area contributed by atoms with Gasteiger partial charge in [-0.2, -0.15) is 0 Å². The molecule has 0 unspecified atom stereocenters. The highest BCUT2D eigenvalue weighted by molar-refractivity contribution is 5.26. The van der Waals surface area contributed by atoms with Gasteiger partial charge in [0.1, 0.15) is 12.4 Å². The zero-order valence-electron chi connectivity index (χ0n) is 9.72. The molecule has 0 aliphatic heterocycles. The van der Waals surface area contributed by atoms with Crippen molar-refractivity contribution in [2.24, 2.45) is 5.73 Å². The van der Waals surface area contributed by atoms with Gasteiger partial charge in [0.2, 0.25) is 0 Å². The molecule has 0 aliphatic rings. The molecule has 0 bridgehead atoms. The van der Waals surface area contributed by atoms with Crippen molar-refractivity contribution in [2.45, 2.75) is 6.54 Å². The first kappa shape index (κ1) is 13.0. The molecule has 0 aromatic heterocycles. The summed E-state index contributed by atoms with van der Waals surface area (Å²) in [7, 11) is 1.96. The normalized spacial score (nSPS) is 10.8. The largest absolute Gasteiger partial charge is 0.492 e. The highest BCUT2D eigenvalue weighted by atomic mass is 16.5. The van der Waals surface area contributed by atoms with Crippen molar-refractivity contribution < 1.29 is 9.84 Å². The van der Waals surface area contributed by atoms with Crippen LogP contribution in [-0.4, -0.2) is 43.4 Å². The number of hydrogen-bond donors (Lipinski definition) is 2. The first-order chi connectivity index (χ1) is 7.76. The molecule has 1 rings (SSSR count). The van der Waals surface area contributed by atoms with Gasteiger partial charge in [-0.25, -0.2) is 0 Å². The number of nitrogens with zero attached hydrogens (tertiary/aromatic N) is 1. The summed E-state index contributed by atoms with van der Waals surface area (Å²) in [5.41, 5.74) is 6.60. The van der Waals surface area contributed by atoms with Crippen LogP contribution in [0.25, 0.3) is 0 Å². The summed E-state index contributed by atoms with van der Waals surface area (Å²) in [6.45, 7) is 2.84. The second-order valence-corrected chi connectivity index (χ2v) is 3.72. The van der Waals surface area contributed by atoms with Gasteiger partial charge in [0.05, 0.1) is 6.61 Å². The van der Waals surface area contributed by atoms with E-state index in [2.05, 4.69) is 0 Å². The van der Waals surface area contributed by atoms with Crippen molar-refractivity contribution in [2.75, 3.05) is 33.4 Å². The number of likely N-dealkylation sites (N-methyl/N-ethyl adjacent to an activating group) is 1. The molecule has 0 aliphatic carbocycles. The third-order valence-corrected chi connectivity index (χ3v) is 2.38. The van der Waals surface area contributed by atoms with E-state index in [-0.39, 0.29) is 6.61 Å². The number of nitrogens with two attached hydrogens (primary N) is 1. The Kier molecular flexibility index (Phi) is 5.85. The minimum Gasteiger partial charge on any atom is -0.492 e. The SMILES string of the molecule is CN(CCO)CCOc1ccc(CN)cc1. The smallest absolute Gasteiger partial charge is 0.119 e. The van der Waals surface area contributed by atoms with Gasteiger partial charge < -0.3 is 20.5 Å². The van der Waals surface area contributed by atoms with E-state index in [1.165, 1.54) is 0 Å². The lowest BCUT2D eigenvalue weighted by Gasteiger charge is -2.15. The summed E-state index contributed by atoms with van der Waals surface area (Å²) in [6, 6.07) is 7.78. The maximum atomic E-state index is 8.72. The molecule has 1 aromatic rings. The quantitative estimate of drug-likeness (QED) is 0.706. The predicted molar refractivity (Wildman–Crippen MR) is 64.4 cm³/mol. The first-order valence-electron chi connectivity index (χ1n) is 5.47. The molecule has 0 radical (unpaired) electrons. The maximum Gasteiger partial charge on any atom is 0.119 e. The average molecular weight is 224 g/mol. The number of aliphatic hydroxyl groups is 1. The van der Waals surface area contributed by atoms with Gasteiger partial charge in [0.15, 0.2) is 0 Å². The lowest BCUT2D eigenvalue weighted by molar-refractivity contribution is 0.192. The van der Waals surface area contributed by atoms with Gasteiger partial charge in [0, 0.05) is 19.6 Å². The molecule has 4 heteroatoms. The molecule has 16 heavy (non-hydrogen) atoms. The Morgan fingerprint density at radius 2 is 1.94 bits per heavy atom. The molecule has 90 valence electrons. The second-order valence-electron chi connectivity index (χ2n) is 3.72. The standard InChI is InChI=1S/C12H20N2O2/c1-14(6-8-15)7-9-16-12-4-2-11(10-13)3-5-12/h2-5,15H,6-10,13H2,1H3. The van der Waals surface area contributed by atoms with Crippen LogP contribution in [0.15, 0.2) is 24.3 Å². The highest BCUT2D eigenvalue weighted by Crippen LogP contribution is 2.11. The Labute approximate surface area is 96.6 Å². The molecular weight excluding hydrogens is 204 g/mol. The minimum absolute atomic E-state index is 0.182. The first-order valence-corrected chi connectivity index (χ1v) is 5.47. The Morgan fingerprint density at radius 1 is 1.25 bits per heavy atom. The Bertz CT molecular complexity index is 288. The van der Waals surface area contributed by atoms with Crippen molar-refractivity contribution in [1.82, 2.24) is 4.90 Å². The molecule has 1 aromatic carbocycles. The van der Waals surface area contributed by atoms with E-state index in [1.807, 2.05) is 36.2 Å². The molecule has 4 nitrogen and oxygen atoms in total. The van der Waals surface area contributed by atoms with E-state index in [9.17, 15) is 0 Å². The van der Waals surface area contributed by atoms with Crippen LogP contribution in [0.2, 0.25) is 0 Å². The fourth-order valence-electron chi connectivity index (χ4n) is 1.32. The second kappa shape index (κ2) is 7.22. The number of aliphatic hydroxyl groups excluding tert-OH is 1. The topological polar surface area (TPSA) is 58.7 Å². The number of ether oxygens (including phenoxy) is 1. The molecule has 0 fully saturated rings. The summed E-state index contributed by atoms with van der Waals surface area (Å²) in [4.78, 5) is 2.02. The molecule has 0 saturated carbocycles. The van der Waals surface area contributed by atoms with Gasteiger partial charge in [0.25, 0.3) is 0 Å². The molecule has 0 saturated heterocycles. The van der Waals surface area contributed by atoms with Gasteiger partial charge in [-0.05, 0) is 24.7 Å². The van der Waals surface area contributed by atoms with Crippen LogP contribution in [0.5, 0.6) is 5.75 Å². The number of benzene rings is 1. The summed E-state index contributed by atoms with van der Waals surface area (Å²) in [5.74, 6) is 0.856. The predicted octanol–water partition coefficient (Wildman–Crippen LogP) is 0.448. The molecule has 0 heterocycles. The molecule has 3 N–H and O–H groups in total. The average Bonchev–Trinajstić information content (AvgIpc) is 2.30. The third kappa shape index (κ3) is 4.61. The number of hydrogen-bond acceptors (Lipinski definition) is 4. The lowest BCUT2D eigenvalue weighted by Crippen LogP contribution is -2.27. The van der Waals surface area contributed by atoms with Crippen LogP contribution < -0.4 is 10.5 Å². The van der Waals surface area contributed by atoms with Crippen LogP contribution in [0.1, 0.15) is 5.56 Å². The fourth-order valence-corrected chi connectivity index (χ4v) is 1.32. The van der Waals surface area contributed by atoms with Crippen molar-refractivity contribution in [1.29, 1.82) is 0 Å². The van der Waals surface area contributed by atoms with E-state index in [0.717, 1.165) is 17.9 Å². The molecule has 0 atom stereocenters. The summed E-state index contributed by atoms with van der Waals surface area (Å²) < 4.78 is 5.56. The van der Waals surface area contributed by atoms with Gasteiger partial charge in [-0.15, -0.1) is 0 Å². The van der Waals surface area contributed by atoms with Crippen LogP contribution in [0.4, 0.5) is 0 Å². The zero-order chi connectivity index (χ0) is 11.8. The van der Waals surface area contributed by atoms with E-state index < -0.39 is 0 Å². The third-order valence-electron chi connectivity index (χ3n) is 2.38. The Hall–Kier alpha value is -1.10. The van der Waals surface area contributed by atoms with Crippen LogP contribution in [0, 0.1) is 0 Å². The van der Waals surface area contributed by atoms with Gasteiger partial charge >= 0.3 is 0 Å². The summed E-state index contributed by atoms with van der Waals surface area (Å²) >= 11 is 0. The summed E-state index contributed by atoms with van der Waals surface area (Å²) in [5, 5.41) is 8.72.